The normalized spacial score (nSPS) is 20.3. The van der Waals surface area contributed by atoms with E-state index in [0.717, 1.165) is 19.3 Å². The molecule has 1 heterocycles. The summed E-state index contributed by atoms with van der Waals surface area (Å²) in [7, 11) is -1.82. The highest BCUT2D eigenvalue weighted by atomic mass is 35.5. The summed E-state index contributed by atoms with van der Waals surface area (Å²) in [5, 5.41) is 0.598. The van der Waals surface area contributed by atoms with Crippen LogP contribution in [0.5, 0.6) is 5.75 Å². The first-order valence-electron chi connectivity index (χ1n) is 7.53. The lowest BCUT2D eigenvalue weighted by molar-refractivity contribution is 0.237. The molecule has 0 aromatic heterocycles. The molecule has 1 aliphatic rings. The van der Waals surface area contributed by atoms with Gasteiger partial charge >= 0.3 is 0 Å². The van der Waals surface area contributed by atoms with Crippen LogP contribution in [0.15, 0.2) is 24.3 Å². The Morgan fingerprint density at radius 1 is 1.41 bits per heavy atom. The van der Waals surface area contributed by atoms with E-state index >= 15 is 0 Å². The van der Waals surface area contributed by atoms with Gasteiger partial charge in [0, 0.05) is 31.2 Å². The number of hydrogen-bond donors (Lipinski definition) is 0. The van der Waals surface area contributed by atoms with E-state index < -0.39 is 10.2 Å². The quantitative estimate of drug-likeness (QED) is 0.795. The summed E-state index contributed by atoms with van der Waals surface area (Å²) in [5.41, 5.74) is 0. The highest BCUT2D eigenvalue weighted by molar-refractivity contribution is 7.86. The van der Waals surface area contributed by atoms with Crippen LogP contribution in [0.3, 0.4) is 0 Å². The molecule has 1 aliphatic heterocycles. The second kappa shape index (κ2) is 7.64. The van der Waals surface area contributed by atoms with Crippen molar-refractivity contribution in [2.45, 2.75) is 32.2 Å². The van der Waals surface area contributed by atoms with Crippen molar-refractivity contribution in [1.29, 1.82) is 0 Å². The van der Waals surface area contributed by atoms with Gasteiger partial charge in [0.2, 0.25) is 0 Å². The van der Waals surface area contributed by atoms with Gasteiger partial charge in [0.25, 0.3) is 10.2 Å². The van der Waals surface area contributed by atoms with Crippen LogP contribution >= 0.6 is 11.6 Å². The maximum absolute atomic E-state index is 12.6. The second-order valence-electron chi connectivity index (χ2n) is 5.59. The summed E-state index contributed by atoms with van der Waals surface area (Å²) >= 11 is 5.88. The van der Waals surface area contributed by atoms with Crippen molar-refractivity contribution in [3.8, 4) is 5.75 Å². The van der Waals surface area contributed by atoms with Crippen LogP contribution < -0.4 is 4.74 Å². The fraction of sp³-hybridized carbons (Fsp3) is 0.600. The van der Waals surface area contributed by atoms with E-state index in [1.807, 2.05) is 6.92 Å². The lowest BCUT2D eigenvalue weighted by atomic mass is 10.1. The number of benzene rings is 1. The highest BCUT2D eigenvalue weighted by Crippen LogP contribution is 2.22. The van der Waals surface area contributed by atoms with E-state index in [-0.39, 0.29) is 12.6 Å². The smallest absolute Gasteiger partial charge is 0.282 e. The summed E-state index contributed by atoms with van der Waals surface area (Å²) in [6, 6.07) is 7.14. The number of likely N-dealkylation sites (N-methyl/N-ethyl adjacent to an activating group) is 1. The summed E-state index contributed by atoms with van der Waals surface area (Å²) < 4.78 is 33.6. The monoisotopic (exact) mass is 346 g/mol. The molecule has 0 N–H and O–H groups in total. The molecule has 1 fully saturated rings. The summed E-state index contributed by atoms with van der Waals surface area (Å²) in [6.45, 7) is 3.16. The molecule has 1 aromatic rings. The van der Waals surface area contributed by atoms with Gasteiger partial charge in [0.1, 0.15) is 12.4 Å². The van der Waals surface area contributed by atoms with Crippen LogP contribution in [0, 0.1) is 0 Å². The largest absolute Gasteiger partial charge is 0.492 e. The molecule has 1 atom stereocenters. The third-order valence-electron chi connectivity index (χ3n) is 3.90. The van der Waals surface area contributed by atoms with Crippen LogP contribution in [0.4, 0.5) is 0 Å². The van der Waals surface area contributed by atoms with Gasteiger partial charge in [0.15, 0.2) is 0 Å². The van der Waals surface area contributed by atoms with Gasteiger partial charge in [-0.1, -0.05) is 24.1 Å². The number of nitrogens with zero attached hydrogens (tertiary/aromatic N) is 2. The summed E-state index contributed by atoms with van der Waals surface area (Å²) in [6.07, 6.45) is 2.94. The van der Waals surface area contributed by atoms with Gasteiger partial charge in [-0.2, -0.15) is 17.0 Å². The number of halogens is 1. The molecule has 7 heteroatoms. The molecule has 0 amide bonds. The van der Waals surface area contributed by atoms with Crippen LogP contribution in [0.25, 0.3) is 0 Å². The molecule has 0 aliphatic carbocycles. The molecule has 0 saturated carbocycles. The van der Waals surface area contributed by atoms with E-state index in [9.17, 15) is 8.42 Å². The molecule has 1 saturated heterocycles. The molecule has 0 radical (unpaired) electrons. The molecule has 2 rings (SSSR count). The minimum absolute atomic E-state index is 0.0649. The SMILES string of the molecule is CC1CCCCN1S(=O)(=O)N(C)CCOc1cccc(Cl)c1. The first-order valence-corrected chi connectivity index (χ1v) is 9.30. The van der Waals surface area contributed by atoms with Crippen LogP contribution in [0.1, 0.15) is 26.2 Å². The molecule has 124 valence electrons. The predicted molar refractivity (Wildman–Crippen MR) is 88.5 cm³/mol. The Bertz CT molecular complexity index is 594. The minimum atomic E-state index is -3.41. The summed E-state index contributed by atoms with van der Waals surface area (Å²) in [5.74, 6) is 0.643. The van der Waals surface area contributed by atoms with Crippen molar-refractivity contribution in [1.82, 2.24) is 8.61 Å². The van der Waals surface area contributed by atoms with Crippen LogP contribution in [-0.2, 0) is 10.2 Å². The molecule has 22 heavy (non-hydrogen) atoms. The Morgan fingerprint density at radius 2 is 2.18 bits per heavy atom. The van der Waals surface area contributed by atoms with Gasteiger partial charge < -0.3 is 4.74 Å². The Morgan fingerprint density at radius 3 is 2.86 bits per heavy atom. The Labute approximate surface area is 138 Å². The minimum Gasteiger partial charge on any atom is -0.492 e. The topological polar surface area (TPSA) is 49.9 Å². The molecule has 1 aromatic carbocycles. The van der Waals surface area contributed by atoms with E-state index in [4.69, 9.17) is 16.3 Å². The van der Waals surface area contributed by atoms with Gasteiger partial charge in [-0.15, -0.1) is 0 Å². The molecule has 0 bridgehead atoms. The third kappa shape index (κ3) is 4.35. The first-order chi connectivity index (χ1) is 10.4. The zero-order valence-electron chi connectivity index (χ0n) is 13.0. The number of ether oxygens (including phenoxy) is 1. The lowest BCUT2D eigenvalue weighted by Gasteiger charge is -2.35. The van der Waals surface area contributed by atoms with E-state index in [1.54, 1.807) is 35.6 Å². The molecule has 5 nitrogen and oxygen atoms in total. The Balaban J connectivity index is 1.89. The predicted octanol–water partition coefficient (Wildman–Crippen LogP) is 2.77. The molecule has 1 unspecified atom stereocenters. The van der Waals surface area contributed by atoms with Gasteiger partial charge in [0.05, 0.1) is 0 Å². The van der Waals surface area contributed by atoms with E-state index in [0.29, 0.717) is 23.9 Å². The highest BCUT2D eigenvalue weighted by Gasteiger charge is 2.32. The van der Waals surface area contributed by atoms with Crippen LogP contribution in [0.2, 0.25) is 5.02 Å². The fourth-order valence-corrected chi connectivity index (χ4v) is 4.32. The zero-order chi connectivity index (χ0) is 16.2. The lowest BCUT2D eigenvalue weighted by Crippen LogP contribution is -2.49. The zero-order valence-corrected chi connectivity index (χ0v) is 14.6. The van der Waals surface area contributed by atoms with Crippen LogP contribution in [-0.4, -0.2) is 49.8 Å². The van der Waals surface area contributed by atoms with Crippen molar-refractivity contribution in [3.63, 3.8) is 0 Å². The standard InChI is InChI=1S/C15H23ClN2O3S/c1-13-6-3-4-9-18(13)22(19,20)17(2)10-11-21-15-8-5-7-14(16)12-15/h5,7-8,12-13H,3-4,6,9-11H2,1-2H3. The Hall–Kier alpha value is -0.820. The number of piperidine rings is 1. The van der Waals surface area contributed by atoms with Crippen molar-refractivity contribution in [2.24, 2.45) is 0 Å². The molecular weight excluding hydrogens is 324 g/mol. The van der Waals surface area contributed by atoms with Gasteiger partial charge in [-0.3, -0.25) is 0 Å². The van der Waals surface area contributed by atoms with Crippen molar-refractivity contribution in [2.75, 3.05) is 26.7 Å². The van der Waals surface area contributed by atoms with Crippen molar-refractivity contribution < 1.29 is 13.2 Å². The fourth-order valence-electron chi connectivity index (χ4n) is 2.56. The number of hydrogen-bond acceptors (Lipinski definition) is 3. The number of rotatable bonds is 6. The van der Waals surface area contributed by atoms with Crippen molar-refractivity contribution >= 4 is 21.8 Å². The average molecular weight is 347 g/mol. The average Bonchev–Trinajstić information content (AvgIpc) is 2.47. The third-order valence-corrected chi connectivity index (χ3v) is 6.24. The Kier molecular flexibility index (Phi) is 6.09. The van der Waals surface area contributed by atoms with Crippen molar-refractivity contribution in [3.05, 3.63) is 29.3 Å². The second-order valence-corrected chi connectivity index (χ2v) is 8.02. The molecular formula is C15H23ClN2O3S. The van der Waals surface area contributed by atoms with Gasteiger partial charge in [-0.05, 0) is 38.0 Å². The van der Waals surface area contributed by atoms with E-state index in [2.05, 4.69) is 0 Å². The molecule has 0 spiro atoms. The first kappa shape index (κ1) is 17.5. The maximum atomic E-state index is 12.6. The maximum Gasteiger partial charge on any atom is 0.282 e. The van der Waals surface area contributed by atoms with E-state index in [1.165, 1.54) is 4.31 Å². The summed E-state index contributed by atoms with van der Waals surface area (Å²) in [4.78, 5) is 0. The van der Waals surface area contributed by atoms with Gasteiger partial charge in [-0.25, -0.2) is 0 Å².